The lowest BCUT2D eigenvalue weighted by molar-refractivity contribution is 0.0742. The van der Waals surface area contributed by atoms with Crippen LogP contribution in [0.3, 0.4) is 0 Å². The third-order valence-corrected chi connectivity index (χ3v) is 3.84. The highest BCUT2D eigenvalue weighted by atomic mass is 127. The molecule has 2 unspecified atom stereocenters. The number of guanidine groups is 1. The third kappa shape index (κ3) is 3.98. The summed E-state index contributed by atoms with van der Waals surface area (Å²) in [5.41, 5.74) is 5.96. The first kappa shape index (κ1) is 15.0. The van der Waals surface area contributed by atoms with Crippen LogP contribution >= 0.6 is 24.0 Å². The molecule has 0 saturated heterocycles. The highest BCUT2D eigenvalue weighted by Crippen LogP contribution is 2.28. The molecule has 2 fully saturated rings. The van der Waals surface area contributed by atoms with Gasteiger partial charge in [0, 0.05) is 32.7 Å². The lowest BCUT2D eigenvalue weighted by Gasteiger charge is -2.19. The van der Waals surface area contributed by atoms with Gasteiger partial charge >= 0.3 is 0 Å². The molecule has 2 aliphatic carbocycles. The Hall–Kier alpha value is -0.0400. The van der Waals surface area contributed by atoms with Crippen LogP contribution in [0.2, 0.25) is 0 Å². The van der Waals surface area contributed by atoms with Gasteiger partial charge in [0.25, 0.3) is 0 Å². The standard InChI is InChI=1S/C12H23N3O.HI/c1-15(10-6-7-10)12(13)14-8-9-4-3-5-11(9)16-2;/h9-11H,3-8H2,1-2H3,(H2,13,14);1H. The van der Waals surface area contributed by atoms with Crippen molar-refractivity contribution in [2.45, 2.75) is 44.2 Å². The normalized spacial score (nSPS) is 28.9. The zero-order chi connectivity index (χ0) is 11.5. The maximum Gasteiger partial charge on any atom is 0.191 e. The lowest BCUT2D eigenvalue weighted by Crippen LogP contribution is -2.36. The molecular weight excluding hydrogens is 329 g/mol. The van der Waals surface area contributed by atoms with Gasteiger partial charge < -0.3 is 15.4 Å². The molecule has 0 radical (unpaired) electrons. The molecule has 0 heterocycles. The molecule has 17 heavy (non-hydrogen) atoms. The first-order valence-corrected chi connectivity index (χ1v) is 6.28. The van der Waals surface area contributed by atoms with Crippen LogP contribution in [0.5, 0.6) is 0 Å². The minimum absolute atomic E-state index is 0. The molecule has 100 valence electrons. The van der Waals surface area contributed by atoms with Crippen LogP contribution in [-0.2, 0) is 4.74 Å². The average Bonchev–Trinajstić information content (AvgIpc) is 3.04. The van der Waals surface area contributed by atoms with E-state index in [0.29, 0.717) is 24.0 Å². The van der Waals surface area contributed by atoms with Crippen molar-refractivity contribution >= 4 is 29.9 Å². The predicted octanol–water partition coefficient (Wildman–Crippen LogP) is 1.83. The average molecular weight is 353 g/mol. The van der Waals surface area contributed by atoms with Crippen molar-refractivity contribution in [3.05, 3.63) is 0 Å². The Labute approximate surface area is 121 Å². The van der Waals surface area contributed by atoms with Gasteiger partial charge in [-0.05, 0) is 25.7 Å². The number of hydrogen-bond acceptors (Lipinski definition) is 2. The van der Waals surface area contributed by atoms with Crippen molar-refractivity contribution in [2.24, 2.45) is 16.6 Å². The molecule has 2 aliphatic rings. The van der Waals surface area contributed by atoms with E-state index >= 15 is 0 Å². The Bertz CT molecular complexity index is 268. The van der Waals surface area contributed by atoms with E-state index in [1.165, 1.54) is 32.1 Å². The molecule has 2 rings (SSSR count). The molecule has 0 spiro atoms. The monoisotopic (exact) mass is 353 g/mol. The van der Waals surface area contributed by atoms with Gasteiger partial charge in [0.05, 0.1) is 6.10 Å². The van der Waals surface area contributed by atoms with Gasteiger partial charge in [-0.15, -0.1) is 24.0 Å². The van der Waals surface area contributed by atoms with Gasteiger partial charge in [-0.25, -0.2) is 0 Å². The van der Waals surface area contributed by atoms with Gasteiger partial charge in [0.15, 0.2) is 5.96 Å². The van der Waals surface area contributed by atoms with Crippen LogP contribution in [0.25, 0.3) is 0 Å². The molecule has 0 aromatic heterocycles. The molecule has 2 saturated carbocycles. The first-order valence-electron chi connectivity index (χ1n) is 6.28. The number of nitrogens with zero attached hydrogens (tertiary/aromatic N) is 2. The second-order valence-corrected chi connectivity index (χ2v) is 5.01. The highest BCUT2D eigenvalue weighted by molar-refractivity contribution is 14.0. The largest absolute Gasteiger partial charge is 0.381 e. The molecule has 0 aliphatic heterocycles. The van der Waals surface area contributed by atoms with E-state index in [9.17, 15) is 0 Å². The fourth-order valence-electron chi connectivity index (χ4n) is 2.49. The van der Waals surface area contributed by atoms with E-state index in [1.54, 1.807) is 7.11 Å². The number of halogens is 1. The number of methoxy groups -OCH3 is 1. The Morgan fingerprint density at radius 2 is 2.06 bits per heavy atom. The van der Waals surface area contributed by atoms with Crippen molar-refractivity contribution < 1.29 is 4.74 Å². The maximum absolute atomic E-state index is 5.96. The number of ether oxygens (including phenoxy) is 1. The van der Waals surface area contributed by atoms with Crippen LogP contribution in [0.15, 0.2) is 4.99 Å². The van der Waals surface area contributed by atoms with Crippen molar-refractivity contribution in [2.75, 3.05) is 20.7 Å². The quantitative estimate of drug-likeness (QED) is 0.477. The van der Waals surface area contributed by atoms with Crippen molar-refractivity contribution in [3.8, 4) is 0 Å². The summed E-state index contributed by atoms with van der Waals surface area (Å²) in [6, 6.07) is 0.644. The van der Waals surface area contributed by atoms with Crippen molar-refractivity contribution in [1.82, 2.24) is 4.90 Å². The Morgan fingerprint density at radius 3 is 2.65 bits per heavy atom. The second-order valence-electron chi connectivity index (χ2n) is 5.01. The van der Waals surface area contributed by atoms with Gasteiger partial charge in [0.2, 0.25) is 0 Å². The summed E-state index contributed by atoms with van der Waals surface area (Å²) in [6.07, 6.45) is 6.57. The fraction of sp³-hybridized carbons (Fsp3) is 0.917. The molecule has 0 bridgehead atoms. The number of hydrogen-bond donors (Lipinski definition) is 1. The van der Waals surface area contributed by atoms with Crippen LogP contribution in [-0.4, -0.2) is 43.7 Å². The van der Waals surface area contributed by atoms with E-state index in [2.05, 4.69) is 9.89 Å². The Morgan fingerprint density at radius 1 is 1.35 bits per heavy atom. The predicted molar refractivity (Wildman–Crippen MR) is 80.8 cm³/mol. The Kier molecular flexibility index (Phi) is 5.99. The molecule has 0 amide bonds. The SMILES string of the molecule is COC1CCCC1CN=C(N)N(C)C1CC1.I. The summed E-state index contributed by atoms with van der Waals surface area (Å²) in [7, 11) is 3.84. The summed E-state index contributed by atoms with van der Waals surface area (Å²) in [4.78, 5) is 6.61. The van der Waals surface area contributed by atoms with E-state index in [4.69, 9.17) is 10.5 Å². The summed E-state index contributed by atoms with van der Waals surface area (Å²) in [6.45, 7) is 0.821. The van der Waals surface area contributed by atoms with Gasteiger partial charge in [-0.2, -0.15) is 0 Å². The van der Waals surface area contributed by atoms with Crippen molar-refractivity contribution in [3.63, 3.8) is 0 Å². The molecule has 5 heteroatoms. The minimum Gasteiger partial charge on any atom is -0.381 e. The number of nitrogens with two attached hydrogens (primary N) is 1. The minimum atomic E-state index is 0. The highest BCUT2D eigenvalue weighted by Gasteiger charge is 2.29. The van der Waals surface area contributed by atoms with Crippen LogP contribution in [0, 0.1) is 5.92 Å². The maximum atomic E-state index is 5.96. The lowest BCUT2D eigenvalue weighted by atomic mass is 10.1. The molecule has 2 N–H and O–H groups in total. The summed E-state index contributed by atoms with van der Waals surface area (Å²) in [5.74, 6) is 1.26. The van der Waals surface area contributed by atoms with E-state index in [1.807, 2.05) is 7.05 Å². The summed E-state index contributed by atoms with van der Waals surface area (Å²) < 4.78 is 5.45. The number of aliphatic imine (C=N–C) groups is 1. The zero-order valence-corrected chi connectivity index (χ0v) is 13.1. The third-order valence-electron chi connectivity index (χ3n) is 3.84. The topological polar surface area (TPSA) is 50.9 Å². The Balaban J connectivity index is 0.00000144. The van der Waals surface area contributed by atoms with Gasteiger partial charge in [-0.1, -0.05) is 6.42 Å². The fourth-order valence-corrected chi connectivity index (χ4v) is 2.49. The smallest absolute Gasteiger partial charge is 0.191 e. The van der Waals surface area contributed by atoms with Crippen LogP contribution in [0.1, 0.15) is 32.1 Å². The molecule has 2 atom stereocenters. The van der Waals surface area contributed by atoms with Crippen molar-refractivity contribution in [1.29, 1.82) is 0 Å². The molecular formula is C12H24IN3O. The van der Waals surface area contributed by atoms with E-state index in [-0.39, 0.29) is 24.0 Å². The van der Waals surface area contributed by atoms with E-state index < -0.39 is 0 Å². The molecule has 4 nitrogen and oxygen atoms in total. The van der Waals surface area contributed by atoms with Gasteiger partial charge in [-0.3, -0.25) is 4.99 Å². The zero-order valence-electron chi connectivity index (χ0n) is 10.8. The van der Waals surface area contributed by atoms with Crippen LogP contribution in [0.4, 0.5) is 0 Å². The summed E-state index contributed by atoms with van der Waals surface area (Å²) >= 11 is 0. The first-order chi connectivity index (χ1) is 7.72. The number of rotatable bonds is 4. The van der Waals surface area contributed by atoms with Gasteiger partial charge in [0.1, 0.15) is 0 Å². The molecule has 0 aromatic rings. The van der Waals surface area contributed by atoms with Crippen LogP contribution < -0.4 is 5.73 Å². The molecule has 0 aromatic carbocycles. The summed E-state index contributed by atoms with van der Waals surface area (Å²) in [5, 5.41) is 0. The van der Waals surface area contributed by atoms with E-state index in [0.717, 1.165) is 6.54 Å². The second kappa shape index (κ2) is 6.78.